The zero-order valence-electron chi connectivity index (χ0n) is 10.2. The van der Waals surface area contributed by atoms with Gasteiger partial charge in [0.1, 0.15) is 5.78 Å². The number of hydrogen-bond acceptors (Lipinski definition) is 2. The first-order valence-corrected chi connectivity index (χ1v) is 6.53. The first-order chi connectivity index (χ1) is 7.61. The van der Waals surface area contributed by atoms with Crippen molar-refractivity contribution in [2.75, 3.05) is 0 Å². The van der Waals surface area contributed by atoms with Gasteiger partial charge in [-0.15, -0.1) is 0 Å². The van der Waals surface area contributed by atoms with Crippen LogP contribution in [0.2, 0.25) is 0 Å². The number of Topliss-reactive ketones (excluding diaryl/α,β-unsaturated/α-hetero) is 1. The average Bonchev–Trinajstić information content (AvgIpc) is 2.56. The van der Waals surface area contributed by atoms with Gasteiger partial charge in [0.2, 0.25) is 0 Å². The molecule has 2 heteroatoms. The molecule has 0 radical (unpaired) electrons. The van der Waals surface area contributed by atoms with E-state index in [4.69, 9.17) is 4.74 Å². The van der Waals surface area contributed by atoms with Gasteiger partial charge in [0.05, 0.1) is 11.9 Å². The van der Waals surface area contributed by atoms with Crippen LogP contribution in [-0.2, 0) is 9.53 Å². The van der Waals surface area contributed by atoms with Crippen molar-refractivity contribution in [3.05, 3.63) is 11.3 Å². The minimum atomic E-state index is -0.0528. The van der Waals surface area contributed by atoms with Crippen LogP contribution in [-0.4, -0.2) is 11.9 Å². The summed E-state index contributed by atoms with van der Waals surface area (Å²) in [5.74, 6) is 2.22. The van der Waals surface area contributed by atoms with Crippen molar-refractivity contribution in [1.29, 1.82) is 0 Å². The van der Waals surface area contributed by atoms with E-state index in [-0.39, 0.29) is 5.41 Å². The highest BCUT2D eigenvalue weighted by atomic mass is 16.5. The van der Waals surface area contributed by atoms with E-state index in [0.717, 1.165) is 38.5 Å². The second-order valence-corrected chi connectivity index (χ2v) is 5.85. The monoisotopic (exact) mass is 220 g/mol. The van der Waals surface area contributed by atoms with Crippen molar-refractivity contribution >= 4 is 5.78 Å². The summed E-state index contributed by atoms with van der Waals surface area (Å²) in [7, 11) is 0. The topological polar surface area (TPSA) is 26.3 Å². The molecule has 16 heavy (non-hydrogen) atoms. The number of allylic oxidation sites excluding steroid dienone is 2. The fourth-order valence-corrected chi connectivity index (χ4v) is 3.78. The molecule has 1 aliphatic heterocycles. The second-order valence-electron chi connectivity index (χ2n) is 5.85. The van der Waals surface area contributed by atoms with Crippen molar-refractivity contribution in [3.63, 3.8) is 0 Å². The molecule has 3 atom stereocenters. The van der Waals surface area contributed by atoms with Crippen LogP contribution in [0.1, 0.15) is 52.4 Å². The molecule has 1 heterocycles. The normalized spacial score (nSPS) is 42.8. The minimum Gasteiger partial charge on any atom is -0.495 e. The van der Waals surface area contributed by atoms with E-state index in [2.05, 4.69) is 13.8 Å². The van der Waals surface area contributed by atoms with Gasteiger partial charge in [0.25, 0.3) is 0 Å². The van der Waals surface area contributed by atoms with Crippen LogP contribution in [0, 0.1) is 11.3 Å². The molecule has 0 bridgehead atoms. The van der Waals surface area contributed by atoms with Gasteiger partial charge >= 0.3 is 0 Å². The van der Waals surface area contributed by atoms with Crippen LogP contribution in [0.25, 0.3) is 0 Å². The molecule has 0 spiro atoms. The Morgan fingerprint density at radius 1 is 1.25 bits per heavy atom. The van der Waals surface area contributed by atoms with E-state index >= 15 is 0 Å². The van der Waals surface area contributed by atoms with E-state index in [0.29, 0.717) is 17.8 Å². The van der Waals surface area contributed by atoms with Gasteiger partial charge in [-0.2, -0.15) is 0 Å². The maximum absolute atomic E-state index is 12.0. The Labute approximate surface area is 97.1 Å². The van der Waals surface area contributed by atoms with E-state index in [1.54, 1.807) is 0 Å². The summed E-state index contributed by atoms with van der Waals surface area (Å²) >= 11 is 0. The summed E-state index contributed by atoms with van der Waals surface area (Å²) in [4.78, 5) is 12.0. The second kappa shape index (κ2) is 3.35. The molecular formula is C14H20O2. The predicted molar refractivity (Wildman–Crippen MR) is 61.9 cm³/mol. The van der Waals surface area contributed by atoms with E-state index < -0.39 is 0 Å². The molecule has 2 nitrogen and oxygen atoms in total. The van der Waals surface area contributed by atoms with Crippen molar-refractivity contribution in [3.8, 4) is 0 Å². The number of carbonyl (C=O) groups excluding carboxylic acids is 1. The van der Waals surface area contributed by atoms with Gasteiger partial charge in [-0.1, -0.05) is 6.92 Å². The summed E-state index contributed by atoms with van der Waals surface area (Å²) in [6, 6.07) is 0. The zero-order chi connectivity index (χ0) is 11.3. The molecular weight excluding hydrogens is 200 g/mol. The van der Waals surface area contributed by atoms with Crippen LogP contribution in [0.5, 0.6) is 0 Å². The Balaban J connectivity index is 1.97. The van der Waals surface area contributed by atoms with Gasteiger partial charge in [-0.3, -0.25) is 4.79 Å². The summed E-state index contributed by atoms with van der Waals surface area (Å²) in [5.41, 5.74) is 1.43. The lowest BCUT2D eigenvalue weighted by Crippen LogP contribution is -2.36. The number of carbonyl (C=O) groups is 1. The predicted octanol–water partition coefficient (Wildman–Crippen LogP) is 3.22. The minimum absolute atomic E-state index is 0.0528. The quantitative estimate of drug-likeness (QED) is 0.626. The molecule has 0 amide bonds. The Kier molecular flexibility index (Phi) is 2.17. The highest BCUT2D eigenvalue weighted by molar-refractivity contribution is 5.87. The molecule has 0 aromatic rings. The Bertz CT molecular complexity index is 369. The van der Waals surface area contributed by atoms with Gasteiger partial charge in [-0.05, 0) is 44.1 Å². The Hall–Kier alpha value is -0.790. The maximum Gasteiger partial charge on any atom is 0.139 e. The van der Waals surface area contributed by atoms with Crippen molar-refractivity contribution < 1.29 is 9.53 Å². The molecule has 1 saturated carbocycles. The van der Waals surface area contributed by atoms with Gasteiger partial charge in [-0.25, -0.2) is 0 Å². The largest absolute Gasteiger partial charge is 0.495 e. The first-order valence-electron chi connectivity index (χ1n) is 6.53. The number of rotatable bonds is 0. The summed E-state index contributed by atoms with van der Waals surface area (Å²) < 4.78 is 5.95. The molecule has 3 rings (SSSR count). The lowest BCUT2D eigenvalue weighted by molar-refractivity contribution is -0.126. The fourth-order valence-electron chi connectivity index (χ4n) is 3.78. The fraction of sp³-hybridized carbons (Fsp3) is 0.786. The number of hydrogen-bond donors (Lipinski definition) is 0. The van der Waals surface area contributed by atoms with Gasteiger partial charge in [0, 0.05) is 18.3 Å². The zero-order valence-corrected chi connectivity index (χ0v) is 10.2. The molecule has 1 fully saturated rings. The third-order valence-corrected chi connectivity index (χ3v) is 4.88. The average molecular weight is 220 g/mol. The summed E-state index contributed by atoms with van der Waals surface area (Å²) in [6.45, 7) is 4.33. The molecule has 0 N–H and O–H groups in total. The van der Waals surface area contributed by atoms with Gasteiger partial charge in [0.15, 0.2) is 0 Å². The van der Waals surface area contributed by atoms with Crippen LogP contribution >= 0.6 is 0 Å². The molecule has 2 aliphatic carbocycles. The lowest BCUT2D eigenvalue weighted by Gasteiger charge is -2.41. The number of ketones is 1. The van der Waals surface area contributed by atoms with E-state index in [1.165, 1.54) is 11.3 Å². The Morgan fingerprint density at radius 2 is 2.06 bits per heavy atom. The third-order valence-electron chi connectivity index (χ3n) is 4.88. The van der Waals surface area contributed by atoms with Crippen molar-refractivity contribution in [2.24, 2.45) is 11.3 Å². The molecule has 3 aliphatic rings. The molecule has 2 unspecified atom stereocenters. The van der Waals surface area contributed by atoms with Crippen molar-refractivity contribution in [2.45, 2.75) is 58.5 Å². The molecule has 0 saturated heterocycles. The molecule has 88 valence electrons. The summed E-state index contributed by atoms with van der Waals surface area (Å²) in [6.07, 6.45) is 6.49. The smallest absolute Gasteiger partial charge is 0.139 e. The van der Waals surface area contributed by atoms with Crippen LogP contribution < -0.4 is 0 Å². The van der Waals surface area contributed by atoms with Crippen molar-refractivity contribution in [1.82, 2.24) is 0 Å². The molecule has 0 aromatic carbocycles. The first kappa shape index (κ1) is 10.4. The standard InChI is InChI=1S/C14H20O2/c1-9-3-4-10-11-5-6-13(15)14(11,2)8-7-12(10)16-9/h9,11H,3-8H2,1-2H3/t9?,11?,14-/m0/s1. The van der Waals surface area contributed by atoms with E-state index in [1.807, 2.05) is 0 Å². The highest BCUT2D eigenvalue weighted by Crippen LogP contribution is 2.54. The van der Waals surface area contributed by atoms with Crippen LogP contribution in [0.15, 0.2) is 11.3 Å². The van der Waals surface area contributed by atoms with Crippen LogP contribution in [0.4, 0.5) is 0 Å². The highest BCUT2D eigenvalue weighted by Gasteiger charge is 2.50. The number of ether oxygens (including phenoxy) is 1. The lowest BCUT2D eigenvalue weighted by atomic mass is 9.66. The number of fused-ring (bicyclic) bond motifs is 2. The SMILES string of the molecule is CC1CCC2=C(CC[C@]3(C)C(=O)CCC23)O1. The third kappa shape index (κ3) is 1.28. The maximum atomic E-state index is 12.0. The molecule has 0 aromatic heterocycles. The summed E-state index contributed by atoms with van der Waals surface area (Å²) in [5, 5.41) is 0. The van der Waals surface area contributed by atoms with Crippen LogP contribution in [0.3, 0.4) is 0 Å². The Morgan fingerprint density at radius 3 is 2.88 bits per heavy atom. The van der Waals surface area contributed by atoms with E-state index in [9.17, 15) is 4.79 Å². The van der Waals surface area contributed by atoms with Gasteiger partial charge < -0.3 is 4.74 Å².